The molecule has 2 aliphatic heterocycles. The number of benzene rings is 1. The topological polar surface area (TPSA) is 53.2 Å². The van der Waals surface area contributed by atoms with E-state index in [0.29, 0.717) is 12.8 Å². The van der Waals surface area contributed by atoms with Crippen LogP contribution >= 0.6 is 0 Å². The molecule has 0 aliphatic carbocycles. The number of aliphatic hydroxyl groups excluding tert-OH is 1. The third kappa shape index (κ3) is 2.16. The molecule has 2 heterocycles. The lowest BCUT2D eigenvalue weighted by molar-refractivity contribution is 0.000835. The summed E-state index contributed by atoms with van der Waals surface area (Å²) in [4.78, 5) is 0. The van der Waals surface area contributed by atoms with Crippen LogP contribution < -0.4 is 0 Å². The molecule has 1 N–H and O–H groups in total. The summed E-state index contributed by atoms with van der Waals surface area (Å²) in [5.41, 5.74) is 0.538. The molecule has 2 fully saturated rings. The van der Waals surface area contributed by atoms with Gasteiger partial charge < -0.3 is 9.84 Å². The van der Waals surface area contributed by atoms with Crippen LogP contribution in [-0.4, -0.2) is 23.4 Å². The van der Waals surface area contributed by atoms with E-state index < -0.39 is 11.5 Å². The lowest BCUT2D eigenvalue weighted by Crippen LogP contribution is -2.42. The van der Waals surface area contributed by atoms with Gasteiger partial charge in [-0.3, -0.25) is 0 Å². The van der Waals surface area contributed by atoms with Crippen LogP contribution in [0.3, 0.4) is 0 Å². The predicted octanol–water partition coefficient (Wildman–Crippen LogP) is 2.44. The maximum absolute atomic E-state index is 10.5. The van der Waals surface area contributed by atoms with Crippen LogP contribution in [0, 0.1) is 16.7 Å². The average Bonchev–Trinajstić information content (AvgIpc) is 3.06. The minimum Gasteiger partial charge on any atom is -0.391 e. The summed E-state index contributed by atoms with van der Waals surface area (Å²) >= 11 is 0. The number of fused-ring (bicyclic) bond motifs is 2. The molecule has 0 amide bonds. The Morgan fingerprint density at radius 1 is 1.37 bits per heavy atom. The van der Waals surface area contributed by atoms with Crippen molar-refractivity contribution in [2.75, 3.05) is 0 Å². The first kappa shape index (κ1) is 12.7. The molecule has 0 radical (unpaired) electrons. The smallest absolute Gasteiger partial charge is 0.112 e. The second kappa shape index (κ2) is 4.96. The van der Waals surface area contributed by atoms with Crippen LogP contribution in [0.5, 0.6) is 0 Å². The number of nitriles is 1. The van der Waals surface area contributed by atoms with Crippen molar-refractivity contribution in [3.63, 3.8) is 0 Å². The van der Waals surface area contributed by atoms with Gasteiger partial charge in [0.2, 0.25) is 0 Å². The minimum absolute atomic E-state index is 0.0618. The Hall–Kier alpha value is -1.37. The van der Waals surface area contributed by atoms with Gasteiger partial charge in [0.15, 0.2) is 0 Å². The van der Waals surface area contributed by atoms with E-state index in [2.05, 4.69) is 18.2 Å². The van der Waals surface area contributed by atoms with Crippen LogP contribution in [0.1, 0.15) is 31.2 Å². The summed E-state index contributed by atoms with van der Waals surface area (Å²) in [5.74, 6) is 0. The summed E-state index contributed by atoms with van der Waals surface area (Å²) < 4.78 is 5.77. The van der Waals surface area contributed by atoms with Crippen LogP contribution in [0.2, 0.25) is 0 Å². The molecule has 4 atom stereocenters. The van der Waals surface area contributed by atoms with Gasteiger partial charge in [-0.2, -0.15) is 5.26 Å². The van der Waals surface area contributed by atoms with E-state index in [1.165, 1.54) is 5.56 Å². The lowest BCUT2D eigenvalue weighted by Gasteiger charge is -2.33. The van der Waals surface area contributed by atoms with E-state index in [0.717, 1.165) is 19.3 Å². The third-order valence-corrected chi connectivity index (χ3v) is 4.60. The van der Waals surface area contributed by atoms with Gasteiger partial charge >= 0.3 is 0 Å². The molecule has 0 spiro atoms. The van der Waals surface area contributed by atoms with Gasteiger partial charge in [0, 0.05) is 0 Å². The minimum atomic E-state index is -0.669. The van der Waals surface area contributed by atoms with Crippen LogP contribution in [0.15, 0.2) is 30.3 Å². The van der Waals surface area contributed by atoms with Gasteiger partial charge in [0.1, 0.15) is 5.41 Å². The van der Waals surface area contributed by atoms with E-state index in [4.69, 9.17) is 4.74 Å². The summed E-state index contributed by atoms with van der Waals surface area (Å²) in [6, 6.07) is 12.5. The molecule has 0 saturated carbocycles. The number of ether oxygens (including phenoxy) is 1. The highest BCUT2D eigenvalue weighted by Crippen LogP contribution is 2.50. The number of aryl methyl sites for hydroxylation is 1. The molecule has 2 aliphatic rings. The van der Waals surface area contributed by atoms with Gasteiger partial charge in [-0.15, -0.1) is 0 Å². The Labute approximate surface area is 113 Å². The van der Waals surface area contributed by atoms with Gasteiger partial charge in [-0.05, 0) is 37.7 Å². The highest BCUT2D eigenvalue weighted by Gasteiger charge is 2.56. The number of nitrogens with zero attached hydrogens (tertiary/aromatic N) is 1. The predicted molar refractivity (Wildman–Crippen MR) is 71.3 cm³/mol. The Morgan fingerprint density at radius 2 is 2.16 bits per heavy atom. The fourth-order valence-corrected chi connectivity index (χ4v) is 3.49. The first-order valence-corrected chi connectivity index (χ1v) is 7.03. The number of aliphatic hydroxyl groups is 1. The highest BCUT2D eigenvalue weighted by atomic mass is 16.5. The fraction of sp³-hybridized carbons (Fsp3) is 0.562. The van der Waals surface area contributed by atoms with Crippen LogP contribution in [0.25, 0.3) is 0 Å². The summed E-state index contributed by atoms with van der Waals surface area (Å²) in [5, 5.41) is 20.0. The Morgan fingerprint density at radius 3 is 2.74 bits per heavy atom. The number of rotatable bonds is 4. The molecule has 2 bridgehead atoms. The fourth-order valence-electron chi connectivity index (χ4n) is 3.49. The highest BCUT2D eigenvalue weighted by molar-refractivity contribution is 5.18. The molecule has 0 aromatic heterocycles. The number of hydrogen-bond acceptors (Lipinski definition) is 3. The van der Waals surface area contributed by atoms with Crippen molar-refractivity contribution in [3.8, 4) is 6.07 Å². The van der Waals surface area contributed by atoms with Gasteiger partial charge in [-0.1, -0.05) is 30.3 Å². The van der Waals surface area contributed by atoms with Crippen molar-refractivity contribution in [2.45, 2.75) is 50.4 Å². The van der Waals surface area contributed by atoms with Crippen molar-refractivity contribution in [1.29, 1.82) is 5.26 Å². The molecular weight excluding hydrogens is 238 g/mol. The molecule has 2 saturated heterocycles. The molecule has 3 heteroatoms. The zero-order valence-corrected chi connectivity index (χ0v) is 11.0. The summed E-state index contributed by atoms with van der Waals surface area (Å²) in [7, 11) is 0. The molecular formula is C16H19NO2. The van der Waals surface area contributed by atoms with Crippen molar-refractivity contribution < 1.29 is 9.84 Å². The van der Waals surface area contributed by atoms with Crippen molar-refractivity contribution >= 4 is 0 Å². The monoisotopic (exact) mass is 257 g/mol. The molecule has 3 rings (SSSR count). The molecule has 1 aromatic rings. The second-order valence-corrected chi connectivity index (χ2v) is 5.72. The van der Waals surface area contributed by atoms with Crippen molar-refractivity contribution in [1.82, 2.24) is 0 Å². The molecule has 19 heavy (non-hydrogen) atoms. The summed E-state index contributed by atoms with van der Waals surface area (Å²) in [6.45, 7) is 0. The molecule has 3 nitrogen and oxygen atoms in total. The standard InChI is InChI=1S/C16H19NO2/c17-11-16(10-13-7-9-15(16)19-13)14(18)8-6-12-4-2-1-3-5-12/h1-5,13-15,18H,6-10H2. The van der Waals surface area contributed by atoms with Gasteiger partial charge in [-0.25, -0.2) is 0 Å². The SMILES string of the molecule is N#CC1(C(O)CCc2ccccc2)CC2CCC1O2. The first-order valence-electron chi connectivity index (χ1n) is 7.03. The number of hydrogen-bond donors (Lipinski definition) is 1. The Kier molecular flexibility index (Phi) is 3.30. The largest absolute Gasteiger partial charge is 0.391 e. The molecule has 1 aromatic carbocycles. The normalized spacial score (nSPS) is 34.1. The van der Waals surface area contributed by atoms with E-state index in [-0.39, 0.29) is 12.2 Å². The van der Waals surface area contributed by atoms with Gasteiger partial charge in [0.05, 0.1) is 24.4 Å². The quantitative estimate of drug-likeness (QED) is 0.901. The molecule has 100 valence electrons. The van der Waals surface area contributed by atoms with Crippen molar-refractivity contribution in [2.24, 2.45) is 5.41 Å². The average molecular weight is 257 g/mol. The maximum atomic E-state index is 10.5. The van der Waals surface area contributed by atoms with E-state index in [1.807, 2.05) is 18.2 Å². The van der Waals surface area contributed by atoms with E-state index >= 15 is 0 Å². The lowest BCUT2D eigenvalue weighted by atomic mass is 9.70. The second-order valence-electron chi connectivity index (χ2n) is 5.72. The van der Waals surface area contributed by atoms with Crippen LogP contribution in [-0.2, 0) is 11.2 Å². The maximum Gasteiger partial charge on any atom is 0.112 e. The van der Waals surface area contributed by atoms with E-state index in [1.54, 1.807) is 0 Å². The zero-order valence-electron chi connectivity index (χ0n) is 11.0. The van der Waals surface area contributed by atoms with Crippen molar-refractivity contribution in [3.05, 3.63) is 35.9 Å². The first-order chi connectivity index (χ1) is 9.24. The molecule has 4 unspecified atom stereocenters. The Balaban J connectivity index is 1.67. The van der Waals surface area contributed by atoms with Crippen LogP contribution in [0.4, 0.5) is 0 Å². The van der Waals surface area contributed by atoms with E-state index in [9.17, 15) is 10.4 Å². The van der Waals surface area contributed by atoms with Gasteiger partial charge in [0.25, 0.3) is 0 Å². The Bertz CT molecular complexity index is 481. The third-order valence-electron chi connectivity index (χ3n) is 4.60. The zero-order chi connectivity index (χ0) is 13.3. The summed E-state index contributed by atoms with van der Waals surface area (Å²) in [6.07, 6.45) is 3.63.